The number of hydrogen-bond acceptors (Lipinski definition) is 4. The quantitative estimate of drug-likeness (QED) is 0.705. The maximum absolute atomic E-state index is 12.8. The lowest BCUT2D eigenvalue weighted by Gasteiger charge is -2.43. The second kappa shape index (κ2) is 7.71. The Hall–Kier alpha value is -0.0100. The number of ketones is 1. The zero-order valence-electron chi connectivity index (χ0n) is 14.1. The molecule has 0 aromatic rings. The minimum absolute atomic E-state index is 0.0802. The molecule has 1 saturated carbocycles. The molecule has 0 aromatic heterocycles. The molecule has 2 unspecified atom stereocenters. The van der Waals surface area contributed by atoms with Crippen molar-refractivity contribution >= 4 is 21.7 Å². The molecule has 1 heterocycles. The van der Waals surface area contributed by atoms with E-state index in [1.165, 1.54) is 0 Å². The maximum atomic E-state index is 12.8. The fourth-order valence-corrected chi connectivity index (χ4v) is 4.05. The van der Waals surface area contributed by atoms with E-state index in [-0.39, 0.29) is 23.9 Å². The van der Waals surface area contributed by atoms with Gasteiger partial charge in [0.25, 0.3) is 0 Å². The molecule has 5 nitrogen and oxygen atoms in total. The summed E-state index contributed by atoms with van der Waals surface area (Å²) in [6.07, 6.45) is 1.66. The summed E-state index contributed by atoms with van der Waals surface area (Å²) in [5.41, 5.74) is 0. The number of halogens is 1. The van der Waals surface area contributed by atoms with Crippen molar-refractivity contribution in [3.63, 3.8) is 0 Å². The van der Waals surface area contributed by atoms with Crippen LogP contribution in [-0.4, -0.2) is 68.9 Å². The van der Waals surface area contributed by atoms with Gasteiger partial charge in [0.05, 0.1) is 41.7 Å². The smallest absolute Gasteiger partial charge is 0.157 e. The van der Waals surface area contributed by atoms with Crippen LogP contribution < -0.4 is 4.90 Å². The molecule has 1 aliphatic heterocycles. The first-order chi connectivity index (χ1) is 10.4. The predicted molar refractivity (Wildman–Crippen MR) is 87.6 cm³/mol. The summed E-state index contributed by atoms with van der Waals surface area (Å²) in [5.74, 6) is -0.0392. The number of hydrogen-bond donors (Lipinski definition) is 1. The highest BCUT2D eigenvalue weighted by molar-refractivity contribution is 9.10. The van der Waals surface area contributed by atoms with Crippen LogP contribution in [0.4, 0.5) is 0 Å². The molecular formula is C16H29BrNO4+. The number of carbonyl (C=O) groups excluding carboxylic acids is 1. The van der Waals surface area contributed by atoms with Crippen LogP contribution >= 0.6 is 15.9 Å². The Morgan fingerprint density at radius 1 is 1.14 bits per heavy atom. The van der Waals surface area contributed by atoms with Gasteiger partial charge in [-0.05, 0) is 13.8 Å². The normalized spacial score (nSPS) is 34.6. The van der Waals surface area contributed by atoms with E-state index in [2.05, 4.69) is 15.9 Å². The van der Waals surface area contributed by atoms with Gasteiger partial charge in [-0.2, -0.15) is 0 Å². The minimum Gasteiger partial charge on any atom is -0.380 e. The molecule has 0 amide bonds. The topological polar surface area (TPSA) is 49.2 Å². The van der Waals surface area contributed by atoms with E-state index in [0.717, 1.165) is 39.1 Å². The second-order valence-electron chi connectivity index (χ2n) is 6.85. The van der Waals surface area contributed by atoms with Crippen LogP contribution in [0.3, 0.4) is 0 Å². The lowest BCUT2D eigenvalue weighted by molar-refractivity contribution is -0.935. The van der Waals surface area contributed by atoms with Crippen LogP contribution in [0.2, 0.25) is 0 Å². The van der Waals surface area contributed by atoms with Crippen molar-refractivity contribution in [2.75, 3.05) is 40.5 Å². The van der Waals surface area contributed by atoms with Crippen molar-refractivity contribution in [1.29, 1.82) is 0 Å². The van der Waals surface area contributed by atoms with Crippen molar-refractivity contribution in [1.82, 2.24) is 0 Å². The van der Waals surface area contributed by atoms with Crippen LogP contribution in [0.25, 0.3) is 0 Å². The lowest BCUT2D eigenvalue weighted by atomic mass is 9.75. The van der Waals surface area contributed by atoms with Gasteiger partial charge in [-0.3, -0.25) is 4.79 Å². The van der Waals surface area contributed by atoms with E-state index >= 15 is 0 Å². The van der Waals surface area contributed by atoms with Crippen LogP contribution in [0.15, 0.2) is 0 Å². The lowest BCUT2D eigenvalue weighted by Crippen LogP contribution is -3.18. The first-order valence-electron chi connectivity index (χ1n) is 8.09. The van der Waals surface area contributed by atoms with Gasteiger partial charge in [0.15, 0.2) is 5.78 Å². The number of Topliss-reactive ketones (excluding diaryl/α,β-unsaturated/α-hetero) is 1. The monoisotopic (exact) mass is 378 g/mol. The maximum Gasteiger partial charge on any atom is 0.157 e. The van der Waals surface area contributed by atoms with E-state index < -0.39 is 4.32 Å². The number of carbonyl (C=O) groups is 1. The van der Waals surface area contributed by atoms with Gasteiger partial charge in [0, 0.05) is 27.1 Å². The zero-order chi connectivity index (χ0) is 16.3. The van der Waals surface area contributed by atoms with E-state index in [1.807, 2.05) is 13.8 Å². The third kappa shape index (κ3) is 4.09. The van der Waals surface area contributed by atoms with Gasteiger partial charge >= 0.3 is 0 Å². The van der Waals surface area contributed by atoms with Crippen molar-refractivity contribution in [2.45, 2.75) is 49.3 Å². The average molecular weight is 379 g/mol. The highest BCUT2D eigenvalue weighted by Crippen LogP contribution is 2.34. The molecule has 2 atom stereocenters. The molecule has 6 heteroatoms. The van der Waals surface area contributed by atoms with Gasteiger partial charge in [-0.25, -0.2) is 0 Å². The highest BCUT2D eigenvalue weighted by atomic mass is 79.9. The van der Waals surface area contributed by atoms with Crippen LogP contribution in [-0.2, 0) is 19.0 Å². The van der Waals surface area contributed by atoms with E-state index in [1.54, 1.807) is 19.1 Å². The molecule has 2 rings (SSSR count). The SMILES string of the molecule is COC1CC([NH+]2CCOCC2)CC(OC)C1C(=O)C(C)(C)Br. The number of nitrogens with one attached hydrogen (secondary N) is 1. The molecule has 1 saturated heterocycles. The molecule has 128 valence electrons. The van der Waals surface area contributed by atoms with Crippen LogP contribution in [0.5, 0.6) is 0 Å². The van der Waals surface area contributed by atoms with Gasteiger partial charge in [-0.15, -0.1) is 0 Å². The Bertz CT molecular complexity index is 365. The van der Waals surface area contributed by atoms with Gasteiger partial charge < -0.3 is 19.1 Å². The number of morpholine rings is 1. The van der Waals surface area contributed by atoms with Crippen LogP contribution in [0.1, 0.15) is 26.7 Å². The van der Waals surface area contributed by atoms with Crippen molar-refractivity contribution in [3.8, 4) is 0 Å². The fourth-order valence-electron chi connectivity index (χ4n) is 3.78. The minimum atomic E-state index is -0.552. The molecule has 0 aromatic carbocycles. The van der Waals surface area contributed by atoms with Gasteiger partial charge in [-0.1, -0.05) is 15.9 Å². The van der Waals surface area contributed by atoms with Crippen molar-refractivity contribution in [2.24, 2.45) is 5.92 Å². The first-order valence-corrected chi connectivity index (χ1v) is 8.89. The third-order valence-electron chi connectivity index (χ3n) is 5.04. The largest absolute Gasteiger partial charge is 0.380 e. The Morgan fingerprint density at radius 2 is 1.64 bits per heavy atom. The third-order valence-corrected chi connectivity index (χ3v) is 5.43. The van der Waals surface area contributed by atoms with E-state index in [0.29, 0.717) is 6.04 Å². The number of ether oxygens (including phenoxy) is 3. The average Bonchev–Trinajstić information content (AvgIpc) is 2.52. The first kappa shape index (κ1) is 18.3. The second-order valence-corrected chi connectivity index (χ2v) is 8.83. The molecule has 0 bridgehead atoms. The Kier molecular flexibility index (Phi) is 6.42. The molecule has 1 aliphatic carbocycles. The summed E-state index contributed by atoms with van der Waals surface area (Å²) >= 11 is 3.50. The number of methoxy groups -OCH3 is 2. The van der Waals surface area contributed by atoms with Crippen molar-refractivity contribution in [3.05, 3.63) is 0 Å². The molecule has 0 radical (unpaired) electrons. The Labute approximate surface area is 141 Å². The summed E-state index contributed by atoms with van der Waals surface area (Å²) in [5, 5.41) is 0. The Balaban J connectivity index is 2.14. The van der Waals surface area contributed by atoms with E-state index in [9.17, 15) is 4.79 Å². The molecule has 22 heavy (non-hydrogen) atoms. The summed E-state index contributed by atoms with van der Waals surface area (Å²) < 4.78 is 16.3. The number of rotatable bonds is 5. The summed E-state index contributed by atoms with van der Waals surface area (Å²) in [6, 6.07) is 0.473. The molecule has 0 spiro atoms. The van der Waals surface area contributed by atoms with Gasteiger partial charge in [0.2, 0.25) is 0 Å². The van der Waals surface area contributed by atoms with Crippen LogP contribution in [0, 0.1) is 5.92 Å². The summed E-state index contributed by atoms with van der Waals surface area (Å²) in [4.78, 5) is 14.4. The van der Waals surface area contributed by atoms with Crippen molar-refractivity contribution < 1.29 is 23.9 Å². The fraction of sp³-hybridized carbons (Fsp3) is 0.938. The summed E-state index contributed by atoms with van der Waals surface area (Å²) in [6.45, 7) is 7.48. The molecule has 1 N–H and O–H groups in total. The molecule has 2 fully saturated rings. The summed E-state index contributed by atoms with van der Waals surface area (Å²) in [7, 11) is 3.41. The van der Waals surface area contributed by atoms with E-state index in [4.69, 9.17) is 14.2 Å². The molecular weight excluding hydrogens is 350 g/mol. The zero-order valence-corrected chi connectivity index (χ0v) is 15.6. The number of alkyl halides is 1. The molecule has 2 aliphatic rings. The standard InChI is InChI=1S/C16H28BrNO4/c1-16(2,17)15(19)14-12(20-3)9-11(10-13(14)21-4)18-5-7-22-8-6-18/h11-14H,5-10H2,1-4H3/p+1. The number of quaternary nitrogens is 1. The Morgan fingerprint density at radius 3 is 2.05 bits per heavy atom. The predicted octanol–water partition coefficient (Wildman–Crippen LogP) is 0.453. The van der Waals surface area contributed by atoms with Gasteiger partial charge in [0.1, 0.15) is 13.1 Å². The highest BCUT2D eigenvalue weighted by Gasteiger charge is 2.48.